The van der Waals surface area contributed by atoms with Crippen molar-refractivity contribution in [1.29, 1.82) is 5.41 Å². The van der Waals surface area contributed by atoms with Crippen molar-refractivity contribution in [3.8, 4) is 0 Å². The van der Waals surface area contributed by atoms with Crippen LogP contribution in [0.4, 0.5) is 5.69 Å². The highest BCUT2D eigenvalue weighted by atomic mass is 32.2. The zero-order valence-electron chi connectivity index (χ0n) is 13.3. The van der Waals surface area contributed by atoms with Crippen LogP contribution in [0.5, 0.6) is 0 Å². The Morgan fingerprint density at radius 2 is 1.87 bits per heavy atom. The van der Waals surface area contributed by atoms with E-state index in [-0.39, 0.29) is 7.47 Å². The fourth-order valence-corrected chi connectivity index (χ4v) is 2.99. The summed E-state index contributed by atoms with van der Waals surface area (Å²) in [5.41, 5.74) is 8.59. The monoisotopic (exact) mass is 329 g/mol. The first-order valence-electron chi connectivity index (χ1n) is 7.24. The van der Waals surface area contributed by atoms with Gasteiger partial charge in [-0.3, -0.25) is 9.98 Å². The van der Waals surface area contributed by atoms with Crippen LogP contribution in [0.25, 0.3) is 0 Å². The van der Waals surface area contributed by atoms with Crippen molar-refractivity contribution >= 4 is 28.8 Å². The molecule has 5 nitrogen and oxygen atoms in total. The molecule has 1 aromatic heterocycles. The number of nitrogens with one attached hydrogen (secondary N) is 1. The number of pyridine rings is 1. The summed E-state index contributed by atoms with van der Waals surface area (Å²) in [6.45, 7) is 0. The van der Waals surface area contributed by atoms with Crippen LogP contribution in [0.3, 0.4) is 0 Å². The van der Waals surface area contributed by atoms with Gasteiger partial charge in [0, 0.05) is 45.6 Å². The van der Waals surface area contributed by atoms with E-state index in [0.29, 0.717) is 0 Å². The molecule has 0 radical (unpaired) electrons. The highest BCUT2D eigenvalue weighted by Gasteiger charge is 2.20. The predicted molar refractivity (Wildman–Crippen MR) is 101 cm³/mol. The summed E-state index contributed by atoms with van der Waals surface area (Å²) >= 11 is 1.80. The molecule has 3 rings (SSSR count). The lowest BCUT2D eigenvalue weighted by molar-refractivity contribution is 0.630. The number of nitrogens with zero attached hydrogens (tertiary/aromatic N) is 3. The second-order valence-electron chi connectivity index (χ2n) is 5.22. The fraction of sp³-hybridized carbons (Fsp3) is 0.235. The van der Waals surface area contributed by atoms with E-state index in [1.54, 1.807) is 36.3 Å². The summed E-state index contributed by atoms with van der Waals surface area (Å²) in [5.74, 6) is 1.03. The average molecular weight is 329 g/mol. The number of benzene rings is 1. The first-order chi connectivity index (χ1) is 11.1. The number of amidine groups is 1. The minimum Gasteiger partial charge on any atom is -0.399 e. The van der Waals surface area contributed by atoms with E-state index in [4.69, 9.17) is 11.1 Å². The zero-order valence-corrected chi connectivity index (χ0v) is 14.1. The number of aliphatic imine (C=N–C) groups is 1. The number of nitrogen functional groups attached to an aromatic ring is 1. The Bertz CT molecular complexity index is 658. The van der Waals surface area contributed by atoms with Crippen molar-refractivity contribution in [2.45, 2.75) is 6.04 Å². The lowest BCUT2D eigenvalue weighted by Gasteiger charge is -2.09. The number of aromatic nitrogens is 1. The molecule has 1 atom stereocenters. The molecule has 1 aliphatic rings. The van der Waals surface area contributed by atoms with E-state index >= 15 is 0 Å². The number of thioether (sulfide) groups is 1. The van der Waals surface area contributed by atoms with Gasteiger partial charge in [0.1, 0.15) is 0 Å². The third kappa shape index (κ3) is 5.10. The quantitative estimate of drug-likeness (QED) is 0.654. The number of anilines is 1. The Labute approximate surface area is 142 Å². The van der Waals surface area contributed by atoms with Gasteiger partial charge in [-0.2, -0.15) is 0 Å². The van der Waals surface area contributed by atoms with Gasteiger partial charge in [-0.25, -0.2) is 0 Å². The summed E-state index contributed by atoms with van der Waals surface area (Å²) in [6, 6.07) is 11.8. The van der Waals surface area contributed by atoms with Crippen LogP contribution in [0.2, 0.25) is 0 Å². The lowest BCUT2D eigenvalue weighted by Crippen LogP contribution is -2.16. The molecule has 0 fully saturated rings. The molecule has 2 aromatic rings. The topological polar surface area (TPSA) is 78.4 Å². The maximum absolute atomic E-state index is 6.79. The molecule has 0 bridgehead atoms. The van der Waals surface area contributed by atoms with Gasteiger partial charge in [0.05, 0.1) is 6.04 Å². The fourth-order valence-electron chi connectivity index (χ4n) is 1.95. The molecule has 23 heavy (non-hydrogen) atoms. The molecule has 1 aromatic carbocycles. The zero-order chi connectivity index (χ0) is 16.7. The van der Waals surface area contributed by atoms with Gasteiger partial charge in [-0.1, -0.05) is 23.9 Å². The summed E-state index contributed by atoms with van der Waals surface area (Å²) in [6.07, 6.45) is 4.63. The molecule has 0 saturated heterocycles. The highest BCUT2D eigenvalue weighted by Crippen LogP contribution is 2.31. The van der Waals surface area contributed by atoms with Crippen LogP contribution >= 0.6 is 11.8 Å². The molecule has 2 heterocycles. The van der Waals surface area contributed by atoms with E-state index < -0.39 is 0 Å². The summed E-state index contributed by atoms with van der Waals surface area (Å²) in [7, 11) is 4.05. The minimum atomic E-state index is 0. The van der Waals surface area contributed by atoms with E-state index in [9.17, 15) is 0 Å². The number of nitrogens with two attached hydrogens (primary N) is 1. The molecule has 0 spiro atoms. The smallest absolute Gasteiger partial charge is 0.159 e. The third-order valence-corrected chi connectivity index (χ3v) is 4.42. The van der Waals surface area contributed by atoms with E-state index in [1.165, 1.54) is 11.8 Å². The Morgan fingerprint density at radius 3 is 2.35 bits per heavy atom. The van der Waals surface area contributed by atoms with Gasteiger partial charge >= 0.3 is 0 Å². The van der Waals surface area contributed by atoms with Crippen LogP contribution in [0.15, 0.2) is 53.8 Å². The standard InChI is InChI=1S/C11H15N3S.C6H6N2.H2/c1-14(2)11-13-10(7-15-11)8-3-5-9(12)6-4-8;7-5-6-1-3-8-4-2-6;/h3-6,10H,7,12H2,1-2H3;1-5,7H;1H. The van der Waals surface area contributed by atoms with E-state index in [2.05, 4.69) is 27.0 Å². The van der Waals surface area contributed by atoms with Crippen molar-refractivity contribution < 1.29 is 1.43 Å². The van der Waals surface area contributed by atoms with Crippen LogP contribution in [0, 0.1) is 5.41 Å². The second kappa shape index (κ2) is 8.33. The van der Waals surface area contributed by atoms with E-state index in [1.807, 2.05) is 26.2 Å². The van der Waals surface area contributed by atoms with Gasteiger partial charge in [0.15, 0.2) is 5.17 Å². The second-order valence-corrected chi connectivity index (χ2v) is 6.21. The summed E-state index contributed by atoms with van der Waals surface area (Å²) in [5, 5.41) is 7.90. The maximum atomic E-state index is 6.79. The number of hydrogen-bond acceptors (Lipinski definition) is 6. The Hall–Kier alpha value is -2.34. The largest absolute Gasteiger partial charge is 0.399 e. The van der Waals surface area contributed by atoms with Gasteiger partial charge in [0.25, 0.3) is 0 Å². The molecule has 0 amide bonds. The van der Waals surface area contributed by atoms with Gasteiger partial charge in [0.2, 0.25) is 0 Å². The molecule has 3 N–H and O–H groups in total. The Morgan fingerprint density at radius 1 is 1.22 bits per heavy atom. The van der Waals surface area contributed by atoms with Gasteiger partial charge in [-0.05, 0) is 35.4 Å². The van der Waals surface area contributed by atoms with Gasteiger partial charge in [-0.15, -0.1) is 0 Å². The average Bonchev–Trinajstić information content (AvgIpc) is 3.07. The van der Waals surface area contributed by atoms with Crippen LogP contribution < -0.4 is 5.73 Å². The van der Waals surface area contributed by atoms with Crippen molar-refractivity contribution in [2.24, 2.45) is 4.99 Å². The third-order valence-electron chi connectivity index (χ3n) is 3.21. The molecule has 1 unspecified atom stereocenters. The SMILES string of the molecule is CN(C)C1=NC(c2ccc(N)cc2)CS1.N=Cc1ccncc1.[HH]. The molecule has 0 aliphatic carbocycles. The molecular formula is C17H23N5S. The Kier molecular flexibility index (Phi) is 6.17. The van der Waals surface area contributed by atoms with Crippen molar-refractivity contribution in [3.63, 3.8) is 0 Å². The highest BCUT2D eigenvalue weighted by molar-refractivity contribution is 8.14. The van der Waals surface area contributed by atoms with Gasteiger partial charge < -0.3 is 16.0 Å². The van der Waals surface area contributed by atoms with Crippen LogP contribution in [-0.4, -0.2) is 41.1 Å². The van der Waals surface area contributed by atoms with E-state index in [0.717, 1.165) is 22.2 Å². The first-order valence-corrected chi connectivity index (χ1v) is 8.22. The lowest BCUT2D eigenvalue weighted by atomic mass is 10.1. The van der Waals surface area contributed by atoms with Crippen LogP contribution in [0.1, 0.15) is 18.6 Å². The Balaban J connectivity index is 0.000000273. The summed E-state index contributed by atoms with van der Waals surface area (Å²) < 4.78 is 0. The van der Waals surface area contributed by atoms with Crippen molar-refractivity contribution in [2.75, 3.05) is 25.6 Å². The minimum absolute atomic E-state index is 0. The molecule has 6 heteroatoms. The normalized spacial score (nSPS) is 16.1. The molecule has 0 saturated carbocycles. The number of rotatable bonds is 2. The van der Waals surface area contributed by atoms with Crippen LogP contribution in [-0.2, 0) is 0 Å². The molecular weight excluding hydrogens is 306 g/mol. The summed E-state index contributed by atoms with van der Waals surface area (Å²) in [4.78, 5) is 10.5. The molecule has 122 valence electrons. The predicted octanol–water partition coefficient (Wildman–Crippen LogP) is 3.30. The maximum Gasteiger partial charge on any atom is 0.159 e. The number of hydrogen-bond donors (Lipinski definition) is 2. The first kappa shape index (κ1) is 17.0. The molecule has 1 aliphatic heterocycles. The van der Waals surface area contributed by atoms with Crippen molar-refractivity contribution in [3.05, 3.63) is 59.9 Å². The van der Waals surface area contributed by atoms with Crippen molar-refractivity contribution in [1.82, 2.24) is 9.88 Å².